The van der Waals surface area contributed by atoms with Gasteiger partial charge in [0, 0.05) is 18.7 Å². The largest absolute Gasteiger partial charge is 0.418 e. The fourth-order valence-electron chi connectivity index (χ4n) is 2.79. The Morgan fingerprint density at radius 1 is 1.00 bits per heavy atom. The van der Waals surface area contributed by atoms with Gasteiger partial charge in [-0.05, 0) is 29.8 Å². The fraction of sp³-hybridized carbons (Fsp3) is 0.143. The van der Waals surface area contributed by atoms with Gasteiger partial charge in [0.1, 0.15) is 5.69 Å². The van der Waals surface area contributed by atoms with Crippen LogP contribution in [0, 0.1) is 0 Å². The number of carbonyl (C=O) groups is 2. The molecule has 0 radical (unpaired) electrons. The molecule has 0 atom stereocenters. The van der Waals surface area contributed by atoms with E-state index in [1.165, 1.54) is 13.0 Å². The van der Waals surface area contributed by atoms with Crippen molar-refractivity contribution in [3.05, 3.63) is 87.8 Å². The van der Waals surface area contributed by atoms with E-state index in [0.717, 1.165) is 34.5 Å². The van der Waals surface area contributed by atoms with Gasteiger partial charge in [0.2, 0.25) is 5.91 Å². The van der Waals surface area contributed by atoms with Gasteiger partial charge in [-0.1, -0.05) is 30.3 Å². The molecule has 3 rings (SSSR count). The third kappa shape index (κ3) is 5.56. The zero-order valence-corrected chi connectivity index (χ0v) is 16.2. The molecule has 0 aliphatic rings. The van der Waals surface area contributed by atoms with Crippen LogP contribution in [0.2, 0.25) is 0 Å². The van der Waals surface area contributed by atoms with Crippen LogP contribution in [0.4, 0.5) is 24.5 Å². The maximum atomic E-state index is 13.5. The van der Waals surface area contributed by atoms with E-state index in [9.17, 15) is 27.6 Å². The molecule has 2 aromatic carbocycles. The highest BCUT2D eigenvalue weighted by Gasteiger charge is 2.34. The molecule has 160 valence electrons. The number of nitrogens with one attached hydrogen (secondary N) is 2. The van der Waals surface area contributed by atoms with Gasteiger partial charge in [-0.3, -0.25) is 14.4 Å². The van der Waals surface area contributed by atoms with Gasteiger partial charge >= 0.3 is 6.18 Å². The molecule has 0 aliphatic carbocycles. The van der Waals surface area contributed by atoms with Gasteiger partial charge < -0.3 is 10.6 Å². The van der Waals surface area contributed by atoms with E-state index >= 15 is 0 Å². The zero-order chi connectivity index (χ0) is 22.6. The number of amides is 2. The summed E-state index contributed by atoms with van der Waals surface area (Å²) >= 11 is 0. The number of hydrogen-bond acceptors (Lipinski definition) is 4. The summed E-state index contributed by atoms with van der Waals surface area (Å²) in [5.74, 6) is -1.45. The highest BCUT2D eigenvalue weighted by atomic mass is 19.4. The fourth-order valence-corrected chi connectivity index (χ4v) is 2.79. The number of benzene rings is 2. The third-order valence-corrected chi connectivity index (χ3v) is 4.17. The van der Waals surface area contributed by atoms with Crippen LogP contribution < -0.4 is 16.2 Å². The number of carbonyl (C=O) groups excluding carboxylic acids is 2. The number of alkyl halides is 3. The Kier molecular flexibility index (Phi) is 6.19. The smallest absolute Gasteiger partial charge is 0.326 e. The molecule has 0 spiro atoms. The van der Waals surface area contributed by atoms with Crippen LogP contribution in [0.3, 0.4) is 0 Å². The SMILES string of the molecule is CC(=O)Nc1ccc(NC(=O)c2ccc(=O)n(Cc3ccccc3)n2)c(C(F)(F)F)c1. The van der Waals surface area contributed by atoms with Crippen molar-refractivity contribution in [3.63, 3.8) is 0 Å². The van der Waals surface area contributed by atoms with Crippen molar-refractivity contribution in [1.29, 1.82) is 0 Å². The molecule has 2 amide bonds. The summed E-state index contributed by atoms with van der Waals surface area (Å²) in [6, 6.07) is 14.1. The quantitative estimate of drug-likeness (QED) is 0.648. The minimum atomic E-state index is -4.78. The molecule has 0 fully saturated rings. The number of nitrogens with zero attached hydrogens (tertiary/aromatic N) is 2. The first-order chi connectivity index (χ1) is 14.6. The third-order valence-electron chi connectivity index (χ3n) is 4.17. The summed E-state index contributed by atoms with van der Waals surface area (Å²) in [6.45, 7) is 1.26. The van der Waals surface area contributed by atoms with E-state index < -0.39 is 34.8 Å². The molecule has 2 N–H and O–H groups in total. The lowest BCUT2D eigenvalue weighted by molar-refractivity contribution is -0.137. The monoisotopic (exact) mass is 430 g/mol. The van der Waals surface area contributed by atoms with Crippen molar-refractivity contribution >= 4 is 23.2 Å². The molecule has 31 heavy (non-hydrogen) atoms. The Hall–Kier alpha value is -3.95. The van der Waals surface area contributed by atoms with E-state index in [4.69, 9.17) is 0 Å². The summed E-state index contributed by atoms with van der Waals surface area (Å²) in [5, 5.41) is 8.41. The van der Waals surface area contributed by atoms with Crippen molar-refractivity contribution in [1.82, 2.24) is 9.78 Å². The van der Waals surface area contributed by atoms with E-state index in [0.29, 0.717) is 0 Å². The van der Waals surface area contributed by atoms with Crippen molar-refractivity contribution in [2.24, 2.45) is 0 Å². The van der Waals surface area contributed by atoms with Crippen molar-refractivity contribution in [2.45, 2.75) is 19.6 Å². The van der Waals surface area contributed by atoms with E-state index in [-0.39, 0.29) is 17.9 Å². The van der Waals surface area contributed by atoms with Gasteiger partial charge in [-0.2, -0.15) is 18.3 Å². The molecular formula is C21H17F3N4O3. The number of anilines is 2. The lowest BCUT2D eigenvalue weighted by atomic mass is 10.1. The summed E-state index contributed by atoms with van der Waals surface area (Å²) in [5.41, 5.74) is -1.63. The van der Waals surface area contributed by atoms with Crippen LogP contribution in [0.1, 0.15) is 28.5 Å². The molecule has 1 heterocycles. The second kappa shape index (κ2) is 8.82. The normalized spacial score (nSPS) is 11.1. The minimum Gasteiger partial charge on any atom is -0.326 e. The average molecular weight is 430 g/mol. The Balaban J connectivity index is 1.88. The van der Waals surface area contributed by atoms with Gasteiger partial charge in [-0.15, -0.1) is 0 Å². The van der Waals surface area contributed by atoms with Crippen LogP contribution in [-0.2, 0) is 17.5 Å². The number of aromatic nitrogens is 2. The first-order valence-electron chi connectivity index (χ1n) is 9.06. The van der Waals surface area contributed by atoms with Gasteiger partial charge in [0.05, 0.1) is 17.8 Å². The number of rotatable bonds is 5. The topological polar surface area (TPSA) is 93.1 Å². The molecule has 0 bridgehead atoms. The lowest BCUT2D eigenvalue weighted by Gasteiger charge is -2.15. The van der Waals surface area contributed by atoms with Crippen molar-refractivity contribution < 1.29 is 22.8 Å². The zero-order valence-electron chi connectivity index (χ0n) is 16.2. The second-order valence-electron chi connectivity index (χ2n) is 6.59. The molecule has 0 saturated heterocycles. The molecule has 7 nitrogen and oxygen atoms in total. The maximum Gasteiger partial charge on any atom is 0.418 e. The Labute approximate surface area is 174 Å². The first-order valence-corrected chi connectivity index (χ1v) is 9.06. The van der Waals surface area contributed by atoms with Crippen LogP contribution in [-0.4, -0.2) is 21.6 Å². The highest BCUT2D eigenvalue weighted by molar-refractivity contribution is 6.03. The molecule has 0 unspecified atom stereocenters. The number of hydrogen-bond donors (Lipinski definition) is 2. The summed E-state index contributed by atoms with van der Waals surface area (Å²) < 4.78 is 41.4. The summed E-state index contributed by atoms with van der Waals surface area (Å²) in [7, 11) is 0. The average Bonchev–Trinajstić information content (AvgIpc) is 2.70. The van der Waals surface area contributed by atoms with E-state index in [1.54, 1.807) is 30.3 Å². The van der Waals surface area contributed by atoms with Gasteiger partial charge in [-0.25, -0.2) is 4.68 Å². The Morgan fingerprint density at radius 2 is 1.71 bits per heavy atom. The molecule has 10 heteroatoms. The second-order valence-corrected chi connectivity index (χ2v) is 6.59. The molecule has 1 aromatic heterocycles. The number of halogens is 3. The van der Waals surface area contributed by atoms with Crippen LogP contribution in [0.15, 0.2) is 65.5 Å². The molecule has 0 saturated carbocycles. The molecule has 3 aromatic rings. The van der Waals surface area contributed by atoms with Crippen molar-refractivity contribution in [2.75, 3.05) is 10.6 Å². The lowest BCUT2D eigenvalue weighted by Crippen LogP contribution is -2.27. The summed E-state index contributed by atoms with van der Waals surface area (Å²) in [6.07, 6.45) is -4.78. The van der Waals surface area contributed by atoms with Crippen LogP contribution in [0.25, 0.3) is 0 Å². The van der Waals surface area contributed by atoms with E-state index in [2.05, 4.69) is 15.7 Å². The summed E-state index contributed by atoms with van der Waals surface area (Å²) in [4.78, 5) is 35.7. The highest BCUT2D eigenvalue weighted by Crippen LogP contribution is 2.36. The standard InChI is InChI=1S/C21H17F3N4O3/c1-13(29)25-15-7-8-17(16(11-15)21(22,23)24)26-20(31)18-9-10-19(30)28(27-18)12-14-5-3-2-4-6-14/h2-11H,12H2,1H3,(H,25,29)(H,26,31). The Bertz CT molecular complexity index is 1170. The van der Waals surface area contributed by atoms with Gasteiger partial charge in [0.25, 0.3) is 11.5 Å². The minimum absolute atomic E-state index is 0.0626. The Morgan fingerprint density at radius 3 is 2.35 bits per heavy atom. The van der Waals surface area contributed by atoms with Gasteiger partial charge in [0.15, 0.2) is 0 Å². The predicted molar refractivity (Wildman–Crippen MR) is 108 cm³/mol. The van der Waals surface area contributed by atoms with Crippen LogP contribution >= 0.6 is 0 Å². The maximum absolute atomic E-state index is 13.5. The predicted octanol–water partition coefficient (Wildman–Crippen LogP) is 3.52. The molecule has 0 aliphatic heterocycles. The van der Waals surface area contributed by atoms with Crippen LogP contribution in [0.5, 0.6) is 0 Å². The first kappa shape index (κ1) is 21.8. The molecular weight excluding hydrogens is 413 g/mol. The van der Waals surface area contributed by atoms with Crippen molar-refractivity contribution in [3.8, 4) is 0 Å². The van der Waals surface area contributed by atoms with E-state index in [1.807, 2.05) is 0 Å².